The molecule has 0 radical (unpaired) electrons. The molecule has 0 saturated carbocycles. The molecule has 0 aliphatic heterocycles. The van der Waals surface area contributed by atoms with E-state index in [0.717, 1.165) is 6.08 Å². The summed E-state index contributed by atoms with van der Waals surface area (Å²) in [7, 11) is 0. The zero-order valence-corrected chi connectivity index (χ0v) is 15.5. The van der Waals surface area contributed by atoms with Gasteiger partial charge in [0.05, 0.1) is 15.6 Å². The number of nitrogens with zero attached hydrogens (tertiary/aromatic N) is 1. The predicted octanol–water partition coefficient (Wildman–Crippen LogP) is 4.49. The number of carbonyl (C=O) groups is 2. The molecule has 0 aromatic heterocycles. The third-order valence-corrected chi connectivity index (χ3v) is 3.91. The van der Waals surface area contributed by atoms with Gasteiger partial charge in [-0.05, 0) is 36.8 Å². The number of hydrogen-bond donors (Lipinski definition) is 1. The average molecular weight is 409 g/mol. The minimum atomic E-state index is -1.10. The fraction of sp³-hybridized carbons (Fsp3) is 0.111. The maximum atomic E-state index is 12.1. The number of halogens is 2. The van der Waals surface area contributed by atoms with Crippen LogP contribution in [0.5, 0.6) is 0 Å². The van der Waals surface area contributed by atoms with Crippen molar-refractivity contribution in [3.05, 3.63) is 74.3 Å². The van der Waals surface area contributed by atoms with Crippen LogP contribution in [0.1, 0.15) is 12.5 Å². The van der Waals surface area contributed by atoms with Crippen molar-refractivity contribution >= 4 is 52.5 Å². The number of benzene rings is 2. The third-order valence-electron chi connectivity index (χ3n) is 3.34. The van der Waals surface area contributed by atoms with Crippen molar-refractivity contribution < 1.29 is 19.2 Å². The lowest BCUT2D eigenvalue weighted by Crippen LogP contribution is -2.29. The molecule has 1 N–H and O–H groups in total. The molecular weight excluding hydrogens is 395 g/mol. The van der Waals surface area contributed by atoms with Crippen molar-refractivity contribution in [1.29, 1.82) is 0 Å². The van der Waals surface area contributed by atoms with Gasteiger partial charge in [-0.1, -0.05) is 35.3 Å². The number of amides is 1. The first-order valence-electron chi connectivity index (χ1n) is 7.65. The Morgan fingerprint density at radius 3 is 2.67 bits per heavy atom. The number of rotatable bonds is 6. The molecule has 140 valence electrons. The summed E-state index contributed by atoms with van der Waals surface area (Å²) in [4.78, 5) is 34.2. The molecule has 1 amide bonds. The molecule has 0 aliphatic rings. The van der Waals surface area contributed by atoms with E-state index >= 15 is 0 Å². The van der Waals surface area contributed by atoms with Crippen molar-refractivity contribution in [3.8, 4) is 0 Å². The summed E-state index contributed by atoms with van der Waals surface area (Å²) in [5.74, 6) is -1.36. The zero-order chi connectivity index (χ0) is 20.0. The number of hydrogen-bond acceptors (Lipinski definition) is 5. The lowest BCUT2D eigenvalue weighted by Gasteiger charge is -2.13. The van der Waals surface area contributed by atoms with Crippen molar-refractivity contribution in [2.24, 2.45) is 0 Å². The van der Waals surface area contributed by atoms with Crippen LogP contribution < -0.4 is 5.32 Å². The minimum Gasteiger partial charge on any atom is -0.449 e. The van der Waals surface area contributed by atoms with Gasteiger partial charge in [0.25, 0.3) is 11.6 Å². The highest BCUT2D eigenvalue weighted by Crippen LogP contribution is 2.25. The van der Waals surface area contributed by atoms with E-state index < -0.39 is 22.9 Å². The molecule has 0 spiro atoms. The molecule has 0 heterocycles. The van der Waals surface area contributed by atoms with Crippen molar-refractivity contribution in [3.63, 3.8) is 0 Å². The van der Waals surface area contributed by atoms with Crippen LogP contribution >= 0.6 is 23.2 Å². The van der Waals surface area contributed by atoms with Gasteiger partial charge in [0.1, 0.15) is 0 Å². The Kier molecular flexibility index (Phi) is 6.92. The Labute approximate surface area is 164 Å². The Hall–Kier alpha value is -2.90. The van der Waals surface area contributed by atoms with Crippen LogP contribution in [-0.4, -0.2) is 22.9 Å². The smallest absolute Gasteiger partial charge is 0.331 e. The second-order valence-corrected chi connectivity index (χ2v) is 6.22. The van der Waals surface area contributed by atoms with Crippen molar-refractivity contribution in [2.45, 2.75) is 13.0 Å². The molecule has 0 unspecified atom stereocenters. The molecule has 0 fully saturated rings. The number of nitro groups is 1. The Balaban J connectivity index is 1.96. The molecule has 2 aromatic rings. The average Bonchev–Trinajstić information content (AvgIpc) is 2.63. The second kappa shape index (κ2) is 9.16. The molecule has 7 nitrogen and oxygen atoms in total. The van der Waals surface area contributed by atoms with Gasteiger partial charge in [-0.3, -0.25) is 14.9 Å². The summed E-state index contributed by atoms with van der Waals surface area (Å²) in [6.45, 7) is 1.40. The van der Waals surface area contributed by atoms with E-state index in [2.05, 4.69) is 5.32 Å². The zero-order valence-electron chi connectivity index (χ0n) is 14.0. The fourth-order valence-corrected chi connectivity index (χ4v) is 2.34. The van der Waals surface area contributed by atoms with Crippen LogP contribution in [0.3, 0.4) is 0 Å². The molecule has 2 aromatic carbocycles. The van der Waals surface area contributed by atoms with Crippen LogP contribution in [0, 0.1) is 10.1 Å². The predicted molar refractivity (Wildman–Crippen MR) is 103 cm³/mol. The van der Waals surface area contributed by atoms with Crippen LogP contribution in [-0.2, 0) is 14.3 Å². The number of carbonyl (C=O) groups excluding carboxylic acids is 2. The first-order chi connectivity index (χ1) is 12.8. The monoisotopic (exact) mass is 408 g/mol. The van der Waals surface area contributed by atoms with E-state index in [0.29, 0.717) is 16.3 Å². The lowest BCUT2D eigenvalue weighted by atomic mass is 10.2. The number of non-ortho nitro benzene ring substituents is 1. The van der Waals surface area contributed by atoms with Crippen molar-refractivity contribution in [1.82, 2.24) is 0 Å². The van der Waals surface area contributed by atoms with E-state index in [1.54, 1.807) is 12.1 Å². The second-order valence-electron chi connectivity index (χ2n) is 5.38. The van der Waals surface area contributed by atoms with Gasteiger partial charge in [0.15, 0.2) is 6.10 Å². The Bertz CT molecular complexity index is 914. The minimum absolute atomic E-state index is 0.100. The highest BCUT2D eigenvalue weighted by atomic mass is 35.5. The van der Waals surface area contributed by atoms with Crippen LogP contribution in [0.4, 0.5) is 11.4 Å². The quantitative estimate of drug-likeness (QED) is 0.328. The standard InChI is InChI=1S/C18H14Cl2N2O5/c1-11(18(24)21-16-10-13(19)6-7-15(16)20)27-17(23)8-5-12-3-2-4-14(9-12)22(25)26/h2-11H,1H3,(H,21,24)/b8-5+/t11-/m0/s1. The van der Waals surface area contributed by atoms with Crippen molar-refractivity contribution in [2.75, 3.05) is 5.32 Å². The normalized spacial score (nSPS) is 11.8. The van der Waals surface area contributed by atoms with Gasteiger partial charge < -0.3 is 10.1 Å². The number of anilines is 1. The van der Waals surface area contributed by atoms with Crippen LogP contribution in [0.25, 0.3) is 6.08 Å². The van der Waals surface area contributed by atoms with E-state index in [9.17, 15) is 19.7 Å². The Morgan fingerprint density at radius 2 is 1.96 bits per heavy atom. The van der Waals surface area contributed by atoms with Gasteiger partial charge in [0.2, 0.25) is 0 Å². The molecule has 0 saturated heterocycles. The van der Waals surface area contributed by atoms with E-state index in [4.69, 9.17) is 27.9 Å². The summed E-state index contributed by atoms with van der Waals surface area (Å²) in [6, 6.07) is 10.3. The highest BCUT2D eigenvalue weighted by Gasteiger charge is 2.18. The van der Waals surface area contributed by atoms with Gasteiger partial charge >= 0.3 is 5.97 Å². The topological polar surface area (TPSA) is 98.5 Å². The first-order valence-corrected chi connectivity index (χ1v) is 8.41. The largest absolute Gasteiger partial charge is 0.449 e. The number of ether oxygens (including phenoxy) is 1. The van der Waals surface area contributed by atoms with Crippen LogP contribution in [0.15, 0.2) is 48.5 Å². The van der Waals surface area contributed by atoms with E-state index in [1.807, 2.05) is 0 Å². The SMILES string of the molecule is C[C@H](OC(=O)/C=C/c1cccc([N+](=O)[O-])c1)C(=O)Nc1cc(Cl)ccc1Cl. The maximum Gasteiger partial charge on any atom is 0.331 e. The Morgan fingerprint density at radius 1 is 1.22 bits per heavy atom. The molecule has 9 heteroatoms. The molecule has 1 atom stereocenters. The third kappa shape index (κ3) is 6.09. The first kappa shape index (κ1) is 20.4. The molecule has 0 bridgehead atoms. The summed E-state index contributed by atoms with van der Waals surface area (Å²) < 4.78 is 5.01. The summed E-state index contributed by atoms with van der Waals surface area (Å²) in [6.07, 6.45) is 1.34. The molecular formula is C18H14Cl2N2O5. The molecule has 0 aliphatic carbocycles. The molecule has 27 heavy (non-hydrogen) atoms. The van der Waals surface area contributed by atoms with Gasteiger partial charge in [-0.25, -0.2) is 4.79 Å². The van der Waals surface area contributed by atoms with Gasteiger partial charge in [-0.2, -0.15) is 0 Å². The summed E-state index contributed by atoms with van der Waals surface area (Å²) in [5.41, 5.74) is 0.643. The summed E-state index contributed by atoms with van der Waals surface area (Å²) >= 11 is 11.8. The number of nitrogens with one attached hydrogen (secondary N) is 1. The lowest BCUT2D eigenvalue weighted by molar-refractivity contribution is -0.384. The van der Waals surface area contributed by atoms with E-state index in [-0.39, 0.29) is 10.7 Å². The van der Waals surface area contributed by atoms with Crippen LogP contribution in [0.2, 0.25) is 10.0 Å². The van der Waals surface area contributed by atoms with Gasteiger partial charge in [0, 0.05) is 23.2 Å². The maximum absolute atomic E-state index is 12.1. The fourth-order valence-electron chi connectivity index (χ4n) is 2.00. The number of nitro benzene ring substituents is 1. The molecule has 2 rings (SSSR count). The number of esters is 1. The summed E-state index contributed by atoms with van der Waals surface area (Å²) in [5, 5.41) is 13.9. The highest BCUT2D eigenvalue weighted by molar-refractivity contribution is 6.35. The van der Waals surface area contributed by atoms with Gasteiger partial charge in [-0.15, -0.1) is 0 Å². The van der Waals surface area contributed by atoms with E-state index in [1.165, 1.54) is 43.3 Å².